The van der Waals surface area contributed by atoms with Gasteiger partial charge in [-0.25, -0.2) is 9.59 Å². The summed E-state index contributed by atoms with van der Waals surface area (Å²) in [4.78, 5) is 24.2. The number of rotatable bonds is 9. The minimum absolute atomic E-state index is 0.0303. The third-order valence-corrected chi connectivity index (χ3v) is 6.41. The fourth-order valence-corrected chi connectivity index (χ4v) is 4.24. The topological polar surface area (TPSA) is 225 Å². The highest BCUT2D eigenvalue weighted by Gasteiger charge is 2.23. The van der Waals surface area contributed by atoms with Crippen LogP contribution in [-0.4, -0.2) is 64.0 Å². The van der Waals surface area contributed by atoms with E-state index in [2.05, 4.69) is 0 Å². The zero-order chi connectivity index (χ0) is 32.1. The quantitative estimate of drug-likeness (QED) is 0.0562. The van der Waals surface area contributed by atoms with Gasteiger partial charge in [0.15, 0.2) is 40.2 Å². The molecular weight excluding hydrogens is 576 g/mol. The van der Waals surface area contributed by atoms with E-state index in [9.17, 15) is 55.5 Å². The number of hydrogen-bond donors (Lipinski definition) is 9. The lowest BCUT2D eigenvalue weighted by Gasteiger charge is -2.13. The predicted octanol–water partition coefficient (Wildman–Crippen LogP) is 4.42. The summed E-state index contributed by atoms with van der Waals surface area (Å²) in [6.07, 6.45) is 2.89. The fraction of sp³-hybridized carbons (Fsp3) is 0.0625. The Hall–Kier alpha value is -6.30. The molecule has 226 valence electrons. The maximum atomic E-state index is 12.5. The Bertz CT molecular complexity index is 1780. The van der Waals surface area contributed by atoms with E-state index >= 15 is 0 Å². The fourth-order valence-electron chi connectivity index (χ4n) is 4.24. The summed E-state index contributed by atoms with van der Waals surface area (Å²) < 4.78 is 5.02. The predicted molar refractivity (Wildman–Crippen MR) is 157 cm³/mol. The number of esters is 1. The Morgan fingerprint density at radius 2 is 1.20 bits per heavy atom. The summed E-state index contributed by atoms with van der Waals surface area (Å²) in [7, 11) is 0. The van der Waals surface area contributed by atoms with E-state index in [0.29, 0.717) is 16.7 Å². The summed E-state index contributed by atoms with van der Waals surface area (Å²) in [6.45, 7) is 0. The van der Waals surface area contributed by atoms with Gasteiger partial charge in [-0.15, -0.1) is 0 Å². The second kappa shape index (κ2) is 12.7. The van der Waals surface area contributed by atoms with Gasteiger partial charge >= 0.3 is 11.9 Å². The SMILES string of the molecule is O=C(C=Cc1cc(O)c(O)cc1C=Cc1cc(O)c(O)cc1-c1cccc(O)c1)OC(Cc1cc(O)c(O)c(O)c1)C(=O)O. The number of carboxylic acids is 1. The summed E-state index contributed by atoms with van der Waals surface area (Å²) >= 11 is 0. The minimum Gasteiger partial charge on any atom is -0.508 e. The Morgan fingerprint density at radius 3 is 1.80 bits per heavy atom. The van der Waals surface area contributed by atoms with Crippen molar-refractivity contribution in [3.8, 4) is 57.1 Å². The zero-order valence-corrected chi connectivity index (χ0v) is 22.6. The Morgan fingerprint density at radius 1 is 0.659 bits per heavy atom. The van der Waals surface area contributed by atoms with Gasteiger partial charge in [0.1, 0.15) is 5.75 Å². The normalized spacial score (nSPS) is 12.0. The van der Waals surface area contributed by atoms with Crippen molar-refractivity contribution in [2.45, 2.75) is 12.5 Å². The molecule has 4 aromatic rings. The lowest BCUT2D eigenvalue weighted by atomic mass is 9.97. The molecule has 0 aromatic heterocycles. The van der Waals surface area contributed by atoms with Crippen LogP contribution in [0.1, 0.15) is 22.3 Å². The molecule has 0 aliphatic carbocycles. The van der Waals surface area contributed by atoms with E-state index < -0.39 is 64.7 Å². The van der Waals surface area contributed by atoms with Crippen LogP contribution < -0.4 is 0 Å². The molecule has 0 radical (unpaired) electrons. The van der Waals surface area contributed by atoms with Gasteiger partial charge in [0, 0.05) is 12.5 Å². The summed E-state index contributed by atoms with van der Waals surface area (Å²) in [5, 5.41) is 88.6. The molecule has 0 fully saturated rings. The van der Waals surface area contributed by atoms with Crippen molar-refractivity contribution in [3.63, 3.8) is 0 Å². The second-order valence-electron chi connectivity index (χ2n) is 9.57. The molecule has 12 heteroatoms. The lowest BCUT2D eigenvalue weighted by Crippen LogP contribution is -2.28. The van der Waals surface area contributed by atoms with Gasteiger partial charge < -0.3 is 50.7 Å². The number of aliphatic carboxylic acids is 1. The number of ether oxygens (including phenoxy) is 1. The maximum Gasteiger partial charge on any atom is 0.345 e. The van der Waals surface area contributed by atoms with Gasteiger partial charge in [0.2, 0.25) is 6.10 Å². The number of aromatic hydroxyl groups is 8. The van der Waals surface area contributed by atoms with E-state index in [-0.39, 0.29) is 22.4 Å². The van der Waals surface area contributed by atoms with E-state index in [4.69, 9.17) is 4.74 Å². The molecule has 9 N–H and O–H groups in total. The molecule has 0 amide bonds. The van der Waals surface area contributed by atoms with Gasteiger partial charge in [-0.2, -0.15) is 0 Å². The standard InChI is InChI=1S/C32H26O12/c33-21-3-1-2-19(11-21)22-15-26(37)25(36)14-20(22)5-4-17-12-23(34)24(35)13-18(17)6-7-30(40)44-29(32(42)43)10-16-8-27(38)31(41)28(39)9-16/h1-9,11-15,29,33-39,41H,10H2,(H,42,43). The number of carbonyl (C=O) groups excluding carboxylic acids is 1. The largest absolute Gasteiger partial charge is 0.508 e. The van der Waals surface area contributed by atoms with Crippen LogP contribution in [0.2, 0.25) is 0 Å². The first kappa shape index (κ1) is 30.7. The summed E-state index contributed by atoms with van der Waals surface area (Å²) in [5.41, 5.74) is 1.86. The van der Waals surface area contributed by atoms with Crippen LogP contribution >= 0.6 is 0 Å². The average molecular weight is 603 g/mol. The van der Waals surface area contributed by atoms with Crippen molar-refractivity contribution in [1.82, 2.24) is 0 Å². The van der Waals surface area contributed by atoms with E-state index in [1.165, 1.54) is 48.6 Å². The molecule has 0 spiro atoms. The molecule has 0 saturated carbocycles. The highest BCUT2D eigenvalue weighted by atomic mass is 16.6. The van der Waals surface area contributed by atoms with E-state index in [1.54, 1.807) is 12.1 Å². The highest BCUT2D eigenvalue weighted by molar-refractivity contribution is 5.91. The van der Waals surface area contributed by atoms with Gasteiger partial charge in [0.25, 0.3) is 0 Å². The number of carboxylic acid groups (broad SMARTS) is 1. The Kier molecular flexibility index (Phi) is 8.84. The van der Waals surface area contributed by atoms with Crippen molar-refractivity contribution >= 4 is 30.2 Å². The van der Waals surface area contributed by atoms with Crippen molar-refractivity contribution < 1.29 is 60.3 Å². The van der Waals surface area contributed by atoms with Gasteiger partial charge in [0.05, 0.1) is 0 Å². The lowest BCUT2D eigenvalue weighted by molar-refractivity contribution is -0.160. The second-order valence-corrected chi connectivity index (χ2v) is 9.57. The molecule has 0 heterocycles. The first-order chi connectivity index (χ1) is 20.8. The number of phenolic OH excluding ortho intramolecular Hbond substituents is 8. The third-order valence-electron chi connectivity index (χ3n) is 6.41. The first-order valence-corrected chi connectivity index (χ1v) is 12.8. The molecule has 4 rings (SSSR count). The summed E-state index contributed by atoms with van der Waals surface area (Å²) in [6, 6.07) is 13.1. The number of carbonyl (C=O) groups is 2. The number of phenols is 8. The van der Waals surface area contributed by atoms with Crippen LogP contribution in [0.25, 0.3) is 29.4 Å². The van der Waals surface area contributed by atoms with Crippen molar-refractivity contribution in [2.24, 2.45) is 0 Å². The molecular formula is C32H26O12. The highest BCUT2D eigenvalue weighted by Crippen LogP contribution is 2.38. The number of benzene rings is 4. The van der Waals surface area contributed by atoms with Crippen molar-refractivity contribution in [2.75, 3.05) is 0 Å². The van der Waals surface area contributed by atoms with Crippen molar-refractivity contribution in [1.29, 1.82) is 0 Å². The third kappa shape index (κ3) is 7.12. The van der Waals surface area contributed by atoms with Gasteiger partial charge in [-0.3, -0.25) is 0 Å². The molecule has 0 bridgehead atoms. The van der Waals surface area contributed by atoms with Crippen LogP contribution in [0.4, 0.5) is 0 Å². The van der Waals surface area contributed by atoms with Crippen LogP contribution in [0.15, 0.2) is 66.7 Å². The smallest absolute Gasteiger partial charge is 0.345 e. The Labute approximate surface area is 249 Å². The molecule has 4 aromatic carbocycles. The minimum atomic E-state index is -1.74. The molecule has 12 nitrogen and oxygen atoms in total. The van der Waals surface area contributed by atoms with Crippen LogP contribution in [-0.2, 0) is 20.7 Å². The van der Waals surface area contributed by atoms with Crippen LogP contribution in [0.5, 0.6) is 46.0 Å². The average Bonchev–Trinajstić information content (AvgIpc) is 2.96. The first-order valence-electron chi connectivity index (χ1n) is 12.8. The molecule has 0 aliphatic heterocycles. The zero-order valence-electron chi connectivity index (χ0n) is 22.6. The monoisotopic (exact) mass is 602 g/mol. The summed E-state index contributed by atoms with van der Waals surface area (Å²) in [5.74, 6) is -6.66. The maximum absolute atomic E-state index is 12.5. The molecule has 0 aliphatic rings. The van der Waals surface area contributed by atoms with Crippen molar-refractivity contribution in [3.05, 3.63) is 89.0 Å². The van der Waals surface area contributed by atoms with Gasteiger partial charge in [-0.1, -0.05) is 24.3 Å². The van der Waals surface area contributed by atoms with Crippen LogP contribution in [0, 0.1) is 0 Å². The van der Waals surface area contributed by atoms with Crippen LogP contribution in [0.3, 0.4) is 0 Å². The number of hydrogen-bond acceptors (Lipinski definition) is 11. The van der Waals surface area contributed by atoms with E-state index in [1.807, 2.05) is 0 Å². The molecule has 0 saturated heterocycles. The Balaban J connectivity index is 1.61. The molecule has 44 heavy (non-hydrogen) atoms. The molecule has 1 atom stereocenters. The van der Waals surface area contributed by atoms with Gasteiger partial charge in [-0.05, 0) is 88.0 Å². The molecule has 1 unspecified atom stereocenters. The van der Waals surface area contributed by atoms with E-state index in [0.717, 1.165) is 24.3 Å².